The predicted molar refractivity (Wildman–Crippen MR) is 102 cm³/mol. The highest BCUT2D eigenvalue weighted by Crippen LogP contribution is 2.39. The van der Waals surface area contributed by atoms with Crippen molar-refractivity contribution in [3.8, 4) is 0 Å². The Kier molecular flexibility index (Phi) is 6.46. The van der Waals surface area contributed by atoms with E-state index in [2.05, 4.69) is 4.99 Å². The minimum Gasteiger partial charge on any atom is -0.366 e. The zero-order valence-electron chi connectivity index (χ0n) is 13.9. The zero-order chi connectivity index (χ0) is 17.7. The molecule has 2 aromatic carbocycles. The third-order valence-electron chi connectivity index (χ3n) is 3.65. The van der Waals surface area contributed by atoms with Crippen molar-refractivity contribution < 1.29 is 4.39 Å². The Morgan fingerprint density at radius 1 is 1.04 bits per heavy atom. The Bertz CT molecular complexity index is 717. The first kappa shape index (κ1) is 18.6. The molecule has 0 saturated carbocycles. The molecule has 0 amide bonds. The van der Waals surface area contributed by atoms with Crippen molar-refractivity contribution in [2.24, 2.45) is 4.99 Å². The van der Waals surface area contributed by atoms with E-state index < -0.39 is 0 Å². The van der Waals surface area contributed by atoms with Gasteiger partial charge in [0.1, 0.15) is 5.82 Å². The van der Waals surface area contributed by atoms with Crippen molar-refractivity contribution in [2.45, 2.75) is 13.8 Å². The zero-order valence-corrected chi connectivity index (χ0v) is 15.4. The van der Waals surface area contributed by atoms with E-state index in [1.54, 1.807) is 30.6 Å². The average molecular weight is 368 g/mol. The summed E-state index contributed by atoms with van der Waals surface area (Å²) in [6.07, 6.45) is 1.72. The maximum Gasteiger partial charge on any atom is 0.123 e. The molecule has 2 aromatic rings. The Balaban J connectivity index is 2.38. The molecule has 24 heavy (non-hydrogen) atoms. The number of rotatable bonds is 6. The number of benzene rings is 2. The monoisotopic (exact) mass is 367 g/mol. The fourth-order valence-corrected chi connectivity index (χ4v) is 2.65. The first-order valence-electron chi connectivity index (χ1n) is 7.72. The first-order valence-corrected chi connectivity index (χ1v) is 8.48. The molecule has 0 unspecified atom stereocenters. The van der Waals surface area contributed by atoms with Crippen LogP contribution in [-0.2, 0) is 0 Å². The summed E-state index contributed by atoms with van der Waals surface area (Å²) in [5, 5.41) is 1.05. The van der Waals surface area contributed by atoms with Crippen LogP contribution in [0.1, 0.15) is 13.8 Å². The molecule has 0 spiro atoms. The van der Waals surface area contributed by atoms with Crippen molar-refractivity contribution in [1.82, 2.24) is 4.90 Å². The number of aliphatic imine (C=N–C) groups is 1. The van der Waals surface area contributed by atoms with E-state index in [4.69, 9.17) is 23.2 Å². The number of anilines is 2. The quantitative estimate of drug-likeness (QED) is 0.467. The van der Waals surface area contributed by atoms with E-state index in [1.807, 2.05) is 30.7 Å². The third kappa shape index (κ3) is 4.40. The van der Waals surface area contributed by atoms with Gasteiger partial charge in [-0.05, 0) is 50.2 Å². The van der Waals surface area contributed by atoms with E-state index in [0.29, 0.717) is 22.3 Å². The SMILES string of the molecule is CCN(C)C=Nc1cc(Cl)c(N(CC)c2ccc(F)cc2)cc1Cl. The van der Waals surface area contributed by atoms with Crippen LogP contribution in [0.4, 0.5) is 21.5 Å². The summed E-state index contributed by atoms with van der Waals surface area (Å²) in [7, 11) is 1.93. The summed E-state index contributed by atoms with van der Waals surface area (Å²) in [5.41, 5.74) is 2.22. The predicted octanol–water partition coefficient (Wildman–Crippen LogP) is 5.90. The van der Waals surface area contributed by atoms with Gasteiger partial charge in [-0.3, -0.25) is 0 Å². The molecule has 0 aromatic heterocycles. The molecule has 0 fully saturated rings. The fourth-order valence-electron chi connectivity index (χ4n) is 2.19. The van der Waals surface area contributed by atoms with Gasteiger partial charge in [0.05, 0.1) is 27.8 Å². The van der Waals surface area contributed by atoms with E-state index in [1.165, 1.54) is 12.1 Å². The van der Waals surface area contributed by atoms with Crippen molar-refractivity contribution in [3.63, 3.8) is 0 Å². The highest BCUT2D eigenvalue weighted by Gasteiger charge is 2.14. The van der Waals surface area contributed by atoms with E-state index in [9.17, 15) is 4.39 Å². The Hall–Kier alpha value is -1.78. The minimum atomic E-state index is -0.274. The number of nitrogens with zero attached hydrogens (tertiary/aromatic N) is 3. The van der Waals surface area contributed by atoms with Crippen molar-refractivity contribution >= 4 is 46.6 Å². The molecule has 0 heterocycles. The standard InChI is InChI=1S/C18H20Cl2FN3/c1-4-23(3)12-22-17-10-16(20)18(11-15(17)19)24(5-2)14-8-6-13(21)7-9-14/h6-12H,4-5H2,1-3H3. The Labute approximate surface area is 152 Å². The molecule has 3 nitrogen and oxygen atoms in total. The summed E-state index contributed by atoms with van der Waals surface area (Å²) in [5.74, 6) is -0.274. The second-order valence-corrected chi connectivity index (χ2v) is 6.11. The smallest absolute Gasteiger partial charge is 0.123 e. The molecular formula is C18H20Cl2FN3. The summed E-state index contributed by atoms with van der Waals surface area (Å²) in [6, 6.07) is 9.80. The third-order valence-corrected chi connectivity index (χ3v) is 4.26. The minimum absolute atomic E-state index is 0.274. The second-order valence-electron chi connectivity index (χ2n) is 5.29. The van der Waals surface area contributed by atoms with Crippen LogP contribution in [0.2, 0.25) is 10.0 Å². The maximum absolute atomic E-state index is 13.1. The van der Waals surface area contributed by atoms with Gasteiger partial charge in [-0.25, -0.2) is 9.38 Å². The van der Waals surface area contributed by atoms with Crippen LogP contribution < -0.4 is 4.90 Å². The van der Waals surface area contributed by atoms with Gasteiger partial charge >= 0.3 is 0 Å². The number of halogens is 3. The Morgan fingerprint density at radius 2 is 1.71 bits per heavy atom. The van der Waals surface area contributed by atoms with Gasteiger partial charge in [-0.15, -0.1) is 0 Å². The molecule has 128 valence electrons. The first-order chi connectivity index (χ1) is 11.5. The van der Waals surface area contributed by atoms with Crippen LogP contribution in [-0.4, -0.2) is 31.4 Å². The maximum atomic E-state index is 13.1. The van der Waals surface area contributed by atoms with Gasteiger partial charge < -0.3 is 9.80 Å². The molecule has 0 bridgehead atoms. The summed E-state index contributed by atoms with van der Waals surface area (Å²) in [4.78, 5) is 8.28. The van der Waals surface area contributed by atoms with Crippen LogP contribution >= 0.6 is 23.2 Å². The van der Waals surface area contributed by atoms with Gasteiger partial charge in [0, 0.05) is 25.8 Å². The fraction of sp³-hybridized carbons (Fsp3) is 0.278. The molecule has 2 rings (SSSR count). The van der Waals surface area contributed by atoms with Crippen LogP contribution in [0.25, 0.3) is 0 Å². The van der Waals surface area contributed by atoms with Crippen LogP contribution in [0.3, 0.4) is 0 Å². The molecule has 0 aliphatic heterocycles. The highest BCUT2D eigenvalue weighted by molar-refractivity contribution is 6.37. The molecule has 0 atom stereocenters. The molecule has 6 heteroatoms. The van der Waals surface area contributed by atoms with Crippen molar-refractivity contribution in [3.05, 3.63) is 52.3 Å². The topological polar surface area (TPSA) is 18.8 Å². The normalized spacial score (nSPS) is 11.1. The number of hydrogen-bond donors (Lipinski definition) is 0. The van der Waals surface area contributed by atoms with Crippen molar-refractivity contribution in [1.29, 1.82) is 0 Å². The molecular weight excluding hydrogens is 348 g/mol. The lowest BCUT2D eigenvalue weighted by molar-refractivity contribution is 0.552. The van der Waals surface area contributed by atoms with Crippen LogP contribution in [0.5, 0.6) is 0 Å². The van der Waals surface area contributed by atoms with Crippen LogP contribution in [0, 0.1) is 5.82 Å². The van der Waals surface area contributed by atoms with E-state index in [-0.39, 0.29) is 5.82 Å². The molecule has 0 saturated heterocycles. The molecule has 0 aliphatic carbocycles. The van der Waals surface area contributed by atoms with E-state index >= 15 is 0 Å². The van der Waals surface area contributed by atoms with Gasteiger partial charge in [-0.2, -0.15) is 0 Å². The van der Waals surface area contributed by atoms with Crippen molar-refractivity contribution in [2.75, 3.05) is 25.0 Å². The summed E-state index contributed by atoms with van der Waals surface area (Å²) >= 11 is 12.8. The molecule has 0 radical (unpaired) electrons. The lowest BCUT2D eigenvalue weighted by Crippen LogP contribution is -2.16. The van der Waals surface area contributed by atoms with E-state index in [0.717, 1.165) is 17.9 Å². The summed E-state index contributed by atoms with van der Waals surface area (Å²) in [6.45, 7) is 5.55. The summed E-state index contributed by atoms with van der Waals surface area (Å²) < 4.78 is 13.1. The highest BCUT2D eigenvalue weighted by atomic mass is 35.5. The Morgan fingerprint density at radius 3 is 2.29 bits per heavy atom. The van der Waals surface area contributed by atoms with Crippen LogP contribution in [0.15, 0.2) is 41.4 Å². The van der Waals surface area contributed by atoms with Gasteiger partial charge in [0.25, 0.3) is 0 Å². The number of hydrogen-bond acceptors (Lipinski definition) is 2. The average Bonchev–Trinajstić information content (AvgIpc) is 2.58. The van der Waals surface area contributed by atoms with Gasteiger partial charge in [0.2, 0.25) is 0 Å². The largest absolute Gasteiger partial charge is 0.366 e. The molecule has 0 N–H and O–H groups in total. The second kappa shape index (κ2) is 8.36. The lowest BCUT2D eigenvalue weighted by Gasteiger charge is -2.25. The lowest BCUT2D eigenvalue weighted by atomic mass is 10.2. The molecule has 0 aliphatic rings. The van der Waals surface area contributed by atoms with Gasteiger partial charge in [-0.1, -0.05) is 23.2 Å². The van der Waals surface area contributed by atoms with Gasteiger partial charge in [0.15, 0.2) is 0 Å².